The molecule has 7 rings (SSSR count). The fourth-order valence-electron chi connectivity index (χ4n) is 5.72. The van der Waals surface area contributed by atoms with Crippen molar-refractivity contribution in [2.45, 2.75) is 13.1 Å². The number of hydrogen-bond acceptors (Lipinski definition) is 2. The SMILES string of the molecule is C[Si]1(C)c2ccc3ccccc3c2-c2c(-c3ccc(-c4ccccc4)cc3)nc(-c3ccccc3)nc21. The van der Waals surface area contributed by atoms with Crippen LogP contribution in [0, 0.1) is 0 Å². The monoisotopic (exact) mass is 490 g/mol. The van der Waals surface area contributed by atoms with E-state index in [0.29, 0.717) is 0 Å². The van der Waals surface area contributed by atoms with Gasteiger partial charge in [0, 0.05) is 22.0 Å². The summed E-state index contributed by atoms with van der Waals surface area (Å²) in [6.45, 7) is 4.85. The highest BCUT2D eigenvalue weighted by Crippen LogP contribution is 2.40. The summed E-state index contributed by atoms with van der Waals surface area (Å²) in [5, 5.41) is 5.23. The lowest BCUT2D eigenvalue weighted by molar-refractivity contribution is 1.21. The molecule has 0 N–H and O–H groups in total. The van der Waals surface area contributed by atoms with Gasteiger partial charge in [0.2, 0.25) is 0 Å². The van der Waals surface area contributed by atoms with Crippen LogP contribution >= 0.6 is 0 Å². The molecule has 0 radical (unpaired) electrons. The quantitative estimate of drug-likeness (QED) is 0.241. The molecule has 0 amide bonds. The molecule has 2 nitrogen and oxygen atoms in total. The van der Waals surface area contributed by atoms with Crippen molar-refractivity contribution >= 4 is 29.4 Å². The van der Waals surface area contributed by atoms with E-state index in [2.05, 4.69) is 128 Å². The molecule has 37 heavy (non-hydrogen) atoms. The van der Waals surface area contributed by atoms with Crippen LogP contribution in [-0.2, 0) is 0 Å². The van der Waals surface area contributed by atoms with Gasteiger partial charge < -0.3 is 0 Å². The first-order valence-electron chi connectivity index (χ1n) is 12.8. The van der Waals surface area contributed by atoms with Gasteiger partial charge in [-0.15, -0.1) is 0 Å². The molecule has 0 bridgehead atoms. The summed E-state index contributed by atoms with van der Waals surface area (Å²) in [7, 11) is -2.04. The zero-order valence-electron chi connectivity index (χ0n) is 20.9. The van der Waals surface area contributed by atoms with E-state index in [0.717, 1.165) is 22.6 Å². The molecule has 1 aliphatic heterocycles. The Morgan fingerprint density at radius 1 is 0.486 bits per heavy atom. The first-order valence-corrected chi connectivity index (χ1v) is 15.8. The minimum Gasteiger partial charge on any atom is -0.237 e. The summed E-state index contributed by atoms with van der Waals surface area (Å²) in [4.78, 5) is 10.6. The fourth-order valence-corrected chi connectivity index (χ4v) is 8.61. The average molecular weight is 491 g/mol. The maximum atomic E-state index is 5.30. The zero-order chi connectivity index (χ0) is 25.0. The molecule has 0 spiro atoms. The van der Waals surface area contributed by atoms with Crippen LogP contribution in [0.3, 0.4) is 0 Å². The van der Waals surface area contributed by atoms with Crippen molar-refractivity contribution in [2.24, 2.45) is 0 Å². The molecule has 3 heteroatoms. The number of benzene rings is 5. The van der Waals surface area contributed by atoms with Crippen molar-refractivity contribution in [3.63, 3.8) is 0 Å². The van der Waals surface area contributed by atoms with Crippen molar-refractivity contribution in [2.75, 3.05) is 0 Å². The second-order valence-corrected chi connectivity index (χ2v) is 14.5. The number of fused-ring (bicyclic) bond motifs is 5. The smallest absolute Gasteiger partial charge is 0.159 e. The third-order valence-corrected chi connectivity index (χ3v) is 11.0. The van der Waals surface area contributed by atoms with Gasteiger partial charge in [0.15, 0.2) is 5.82 Å². The summed E-state index contributed by atoms with van der Waals surface area (Å²) in [6, 6.07) is 43.1. The van der Waals surface area contributed by atoms with Crippen LogP contribution in [0.5, 0.6) is 0 Å². The molecule has 5 aromatic carbocycles. The first kappa shape index (κ1) is 21.9. The number of aromatic nitrogens is 2. The second kappa shape index (κ2) is 8.36. The molecule has 1 aromatic heterocycles. The lowest BCUT2D eigenvalue weighted by Crippen LogP contribution is -2.50. The number of hydrogen-bond donors (Lipinski definition) is 0. The molecule has 0 saturated heterocycles. The predicted molar refractivity (Wildman–Crippen MR) is 158 cm³/mol. The van der Waals surface area contributed by atoms with Crippen LogP contribution in [0.15, 0.2) is 121 Å². The van der Waals surface area contributed by atoms with E-state index in [9.17, 15) is 0 Å². The van der Waals surface area contributed by atoms with E-state index >= 15 is 0 Å². The van der Waals surface area contributed by atoms with Gasteiger partial charge in [0.25, 0.3) is 0 Å². The molecule has 0 fully saturated rings. The van der Waals surface area contributed by atoms with Crippen molar-refractivity contribution in [3.05, 3.63) is 121 Å². The van der Waals surface area contributed by atoms with Gasteiger partial charge in [-0.05, 0) is 32.6 Å². The molecule has 176 valence electrons. The van der Waals surface area contributed by atoms with Crippen LogP contribution in [0.25, 0.3) is 55.7 Å². The Morgan fingerprint density at radius 3 is 1.81 bits per heavy atom. The Kier molecular flexibility index (Phi) is 4.95. The van der Waals surface area contributed by atoms with E-state index in [1.54, 1.807) is 0 Å². The summed E-state index contributed by atoms with van der Waals surface area (Å²) in [5.74, 6) is 0.805. The average Bonchev–Trinajstić information content (AvgIpc) is 3.20. The van der Waals surface area contributed by atoms with Crippen LogP contribution in [0.1, 0.15) is 0 Å². The van der Waals surface area contributed by atoms with Gasteiger partial charge in [-0.25, -0.2) is 9.97 Å². The second-order valence-electron chi connectivity index (χ2n) is 10.3. The Morgan fingerprint density at radius 2 is 1.08 bits per heavy atom. The van der Waals surface area contributed by atoms with Gasteiger partial charge in [0.1, 0.15) is 8.07 Å². The molecule has 0 unspecified atom stereocenters. The number of nitrogens with zero attached hydrogens (tertiary/aromatic N) is 2. The molecule has 6 aromatic rings. The third-order valence-electron chi connectivity index (χ3n) is 7.65. The topological polar surface area (TPSA) is 25.8 Å². The molecule has 2 heterocycles. The van der Waals surface area contributed by atoms with Gasteiger partial charge in [0.05, 0.1) is 5.69 Å². The van der Waals surface area contributed by atoms with Crippen LogP contribution in [-0.4, -0.2) is 18.0 Å². The predicted octanol–water partition coefficient (Wildman–Crippen LogP) is 7.43. The summed E-state index contributed by atoms with van der Waals surface area (Å²) in [5.41, 5.74) is 8.18. The molecule has 1 aliphatic rings. The Bertz CT molecular complexity index is 1770. The lowest BCUT2D eigenvalue weighted by atomic mass is 9.94. The van der Waals surface area contributed by atoms with Gasteiger partial charge >= 0.3 is 0 Å². The minimum atomic E-state index is -2.04. The molecule has 0 aliphatic carbocycles. The molecule has 0 saturated carbocycles. The standard InChI is InChI=1S/C34H26N2Si/c1-37(2)29-22-21-25-13-9-10-16-28(25)30(29)31-32(35-33(36-34(31)37)27-14-7-4-8-15-27)26-19-17-24(18-20-26)23-11-5-3-6-12-23/h3-22H,1-2H3. The highest BCUT2D eigenvalue weighted by molar-refractivity contribution is 7.03. The molecular formula is C34H26N2Si. The van der Waals surface area contributed by atoms with Crippen molar-refractivity contribution in [1.29, 1.82) is 0 Å². The Labute approximate surface area is 218 Å². The summed E-state index contributed by atoms with van der Waals surface area (Å²) in [6.07, 6.45) is 0. The summed E-state index contributed by atoms with van der Waals surface area (Å²) < 4.78 is 0. The van der Waals surface area contributed by atoms with Crippen LogP contribution in [0.2, 0.25) is 13.1 Å². The van der Waals surface area contributed by atoms with Crippen molar-refractivity contribution in [1.82, 2.24) is 9.97 Å². The van der Waals surface area contributed by atoms with E-state index in [4.69, 9.17) is 9.97 Å². The Hall–Kier alpha value is -4.34. The number of rotatable bonds is 3. The largest absolute Gasteiger partial charge is 0.237 e. The maximum absolute atomic E-state index is 5.30. The van der Waals surface area contributed by atoms with Crippen LogP contribution < -0.4 is 10.5 Å². The van der Waals surface area contributed by atoms with E-state index in [1.165, 1.54) is 43.5 Å². The Balaban J connectivity index is 1.52. The van der Waals surface area contributed by atoms with Gasteiger partial charge in [-0.3, -0.25) is 0 Å². The van der Waals surface area contributed by atoms with Crippen molar-refractivity contribution in [3.8, 4) is 44.9 Å². The van der Waals surface area contributed by atoms with E-state index < -0.39 is 8.07 Å². The van der Waals surface area contributed by atoms with Gasteiger partial charge in [-0.2, -0.15) is 0 Å². The first-order chi connectivity index (χ1) is 18.1. The highest BCUT2D eigenvalue weighted by Gasteiger charge is 2.42. The fraction of sp³-hybridized carbons (Fsp3) is 0.0588. The van der Waals surface area contributed by atoms with E-state index in [-0.39, 0.29) is 0 Å². The lowest BCUT2D eigenvalue weighted by Gasteiger charge is -2.19. The maximum Gasteiger partial charge on any atom is 0.159 e. The molecular weight excluding hydrogens is 464 g/mol. The van der Waals surface area contributed by atoms with E-state index in [1.807, 2.05) is 6.07 Å². The van der Waals surface area contributed by atoms with Crippen molar-refractivity contribution < 1.29 is 0 Å². The zero-order valence-corrected chi connectivity index (χ0v) is 21.9. The van der Waals surface area contributed by atoms with Gasteiger partial charge in [-0.1, -0.05) is 134 Å². The molecule has 0 atom stereocenters. The summed E-state index contributed by atoms with van der Waals surface area (Å²) >= 11 is 0. The van der Waals surface area contributed by atoms with Crippen LogP contribution in [0.4, 0.5) is 0 Å². The minimum absolute atomic E-state index is 0.805. The third kappa shape index (κ3) is 3.46. The normalized spacial score (nSPS) is 13.4. The highest BCUT2D eigenvalue weighted by atomic mass is 28.3.